The Morgan fingerprint density at radius 3 is 2.50 bits per heavy atom. The molecular formula is C18H18FNO4. The van der Waals surface area contributed by atoms with E-state index in [-0.39, 0.29) is 41.1 Å². The van der Waals surface area contributed by atoms with Gasteiger partial charge in [-0.2, -0.15) is 0 Å². The van der Waals surface area contributed by atoms with Gasteiger partial charge in [0, 0.05) is 6.42 Å². The number of rotatable bonds is 5. The molecule has 1 unspecified atom stereocenters. The van der Waals surface area contributed by atoms with Crippen molar-refractivity contribution in [3.63, 3.8) is 0 Å². The monoisotopic (exact) mass is 331 g/mol. The number of carbonyl (C=O) groups is 2. The Kier molecular flexibility index (Phi) is 5.52. The zero-order chi connectivity index (χ0) is 17.7. The Hall–Kier alpha value is -2.89. The maximum atomic E-state index is 12.9. The van der Waals surface area contributed by atoms with Crippen LogP contribution in [-0.4, -0.2) is 24.1 Å². The van der Waals surface area contributed by atoms with Crippen molar-refractivity contribution in [2.24, 2.45) is 0 Å². The number of amides is 1. The lowest BCUT2D eigenvalue weighted by Gasteiger charge is -2.13. The second-order valence-electron chi connectivity index (χ2n) is 5.40. The number of para-hydroxylation sites is 1. The maximum Gasteiger partial charge on any atom is 0.341 e. The molecule has 0 aromatic heterocycles. The minimum Gasteiger partial charge on any atom is -0.505 e. The molecule has 0 bridgehead atoms. The molecule has 0 spiro atoms. The fourth-order valence-electron chi connectivity index (χ4n) is 2.31. The smallest absolute Gasteiger partial charge is 0.341 e. The molecule has 0 aliphatic carbocycles. The summed E-state index contributed by atoms with van der Waals surface area (Å²) in [4.78, 5) is 23.7. The SMILES string of the molecule is COC(=O)c1cccc(NC(=O)CC(C)c2ccc(F)cc2)c1O. The summed E-state index contributed by atoms with van der Waals surface area (Å²) in [6.45, 7) is 1.84. The zero-order valence-electron chi connectivity index (χ0n) is 13.4. The second kappa shape index (κ2) is 7.59. The molecule has 0 saturated heterocycles. The fourth-order valence-corrected chi connectivity index (χ4v) is 2.31. The van der Waals surface area contributed by atoms with E-state index < -0.39 is 5.97 Å². The van der Waals surface area contributed by atoms with Crippen LogP contribution in [0, 0.1) is 5.82 Å². The minimum absolute atomic E-state index is 0.0260. The first-order valence-corrected chi connectivity index (χ1v) is 7.38. The molecule has 0 aliphatic heterocycles. The van der Waals surface area contributed by atoms with E-state index in [1.165, 1.54) is 37.4 Å². The van der Waals surface area contributed by atoms with E-state index in [2.05, 4.69) is 10.1 Å². The van der Waals surface area contributed by atoms with Gasteiger partial charge in [0.05, 0.1) is 12.8 Å². The van der Waals surface area contributed by atoms with Crippen LogP contribution in [0.4, 0.5) is 10.1 Å². The van der Waals surface area contributed by atoms with Gasteiger partial charge >= 0.3 is 5.97 Å². The van der Waals surface area contributed by atoms with Gasteiger partial charge in [0.2, 0.25) is 5.91 Å². The Labute approximate surface area is 139 Å². The molecule has 0 heterocycles. The van der Waals surface area contributed by atoms with E-state index in [9.17, 15) is 19.1 Å². The fraction of sp³-hybridized carbons (Fsp3) is 0.222. The predicted octanol–water partition coefficient (Wildman–Crippen LogP) is 3.45. The third-order valence-electron chi connectivity index (χ3n) is 3.65. The minimum atomic E-state index is -0.691. The Bertz CT molecular complexity index is 743. The summed E-state index contributed by atoms with van der Waals surface area (Å²) in [7, 11) is 1.21. The van der Waals surface area contributed by atoms with Gasteiger partial charge in [-0.3, -0.25) is 4.79 Å². The highest BCUT2D eigenvalue weighted by atomic mass is 19.1. The van der Waals surface area contributed by atoms with Crippen molar-refractivity contribution in [3.8, 4) is 5.75 Å². The molecule has 1 amide bonds. The third-order valence-corrected chi connectivity index (χ3v) is 3.65. The number of benzene rings is 2. The zero-order valence-corrected chi connectivity index (χ0v) is 13.4. The van der Waals surface area contributed by atoms with Crippen molar-refractivity contribution < 1.29 is 23.8 Å². The average molecular weight is 331 g/mol. The summed E-state index contributed by atoms with van der Waals surface area (Å²) in [6.07, 6.45) is 0.146. The number of phenols is 1. The van der Waals surface area contributed by atoms with Crippen LogP contribution in [0.1, 0.15) is 35.2 Å². The molecule has 5 nitrogen and oxygen atoms in total. The molecule has 2 rings (SSSR count). The van der Waals surface area contributed by atoms with E-state index in [0.717, 1.165) is 5.56 Å². The molecular weight excluding hydrogens is 313 g/mol. The molecule has 2 aromatic rings. The van der Waals surface area contributed by atoms with E-state index in [0.29, 0.717) is 0 Å². The molecule has 0 fully saturated rings. The van der Waals surface area contributed by atoms with E-state index in [4.69, 9.17) is 0 Å². The lowest BCUT2D eigenvalue weighted by atomic mass is 9.97. The van der Waals surface area contributed by atoms with Crippen LogP contribution in [0.25, 0.3) is 0 Å². The van der Waals surface area contributed by atoms with E-state index >= 15 is 0 Å². The van der Waals surface area contributed by atoms with E-state index in [1.807, 2.05) is 6.92 Å². The average Bonchev–Trinajstić information content (AvgIpc) is 2.56. The number of hydrogen-bond acceptors (Lipinski definition) is 4. The lowest BCUT2D eigenvalue weighted by Crippen LogP contribution is -2.15. The maximum absolute atomic E-state index is 12.9. The molecule has 126 valence electrons. The van der Waals surface area contributed by atoms with Crippen LogP contribution in [0.3, 0.4) is 0 Å². The number of nitrogens with one attached hydrogen (secondary N) is 1. The second-order valence-corrected chi connectivity index (χ2v) is 5.40. The van der Waals surface area contributed by atoms with Crippen LogP contribution in [0.2, 0.25) is 0 Å². The summed E-state index contributed by atoms with van der Waals surface area (Å²) in [5.74, 6) is -1.82. The molecule has 2 aromatic carbocycles. The molecule has 2 N–H and O–H groups in total. The summed E-state index contributed by atoms with van der Waals surface area (Å²) in [6, 6.07) is 10.4. The van der Waals surface area contributed by atoms with Crippen molar-refractivity contribution in [3.05, 3.63) is 59.4 Å². The van der Waals surface area contributed by atoms with Crippen LogP contribution in [0.15, 0.2) is 42.5 Å². The van der Waals surface area contributed by atoms with E-state index in [1.54, 1.807) is 12.1 Å². The number of ether oxygens (including phenoxy) is 1. The van der Waals surface area contributed by atoms with Gasteiger partial charge in [-0.25, -0.2) is 9.18 Å². The standard InChI is InChI=1S/C18H18FNO4/c1-11(12-6-8-13(19)9-7-12)10-16(21)20-15-5-3-4-14(17(15)22)18(23)24-2/h3-9,11,22H,10H2,1-2H3,(H,20,21). The molecule has 0 radical (unpaired) electrons. The number of aromatic hydroxyl groups is 1. The number of anilines is 1. The highest BCUT2D eigenvalue weighted by Gasteiger charge is 2.17. The Balaban J connectivity index is 2.07. The van der Waals surface area contributed by atoms with Gasteiger partial charge in [0.1, 0.15) is 11.4 Å². The largest absolute Gasteiger partial charge is 0.505 e. The molecule has 6 heteroatoms. The molecule has 0 saturated carbocycles. The van der Waals surface area contributed by atoms with Crippen molar-refractivity contribution in [1.82, 2.24) is 0 Å². The van der Waals surface area contributed by atoms with Gasteiger partial charge in [0.15, 0.2) is 5.75 Å². The summed E-state index contributed by atoms with van der Waals surface area (Å²) in [5, 5.41) is 12.6. The highest BCUT2D eigenvalue weighted by molar-refractivity contribution is 5.98. The lowest BCUT2D eigenvalue weighted by molar-refractivity contribution is -0.116. The van der Waals surface area contributed by atoms with Crippen molar-refractivity contribution in [2.75, 3.05) is 12.4 Å². The summed E-state index contributed by atoms with van der Waals surface area (Å²) in [5.41, 5.74) is 0.940. The van der Waals surface area contributed by atoms with Crippen LogP contribution in [0.5, 0.6) is 5.75 Å². The van der Waals surface area contributed by atoms with Gasteiger partial charge in [-0.1, -0.05) is 25.1 Å². The Morgan fingerprint density at radius 2 is 1.88 bits per heavy atom. The highest BCUT2D eigenvalue weighted by Crippen LogP contribution is 2.29. The van der Waals surface area contributed by atoms with Crippen LogP contribution < -0.4 is 5.32 Å². The topological polar surface area (TPSA) is 75.6 Å². The van der Waals surface area contributed by atoms with Gasteiger partial charge in [-0.05, 0) is 35.7 Å². The van der Waals surface area contributed by atoms with Crippen LogP contribution >= 0.6 is 0 Å². The number of esters is 1. The van der Waals surface area contributed by atoms with Crippen molar-refractivity contribution >= 4 is 17.6 Å². The number of methoxy groups -OCH3 is 1. The number of halogens is 1. The predicted molar refractivity (Wildman–Crippen MR) is 87.5 cm³/mol. The van der Waals surface area contributed by atoms with Gasteiger partial charge in [0.25, 0.3) is 0 Å². The van der Waals surface area contributed by atoms with Crippen LogP contribution in [-0.2, 0) is 9.53 Å². The first-order valence-electron chi connectivity index (χ1n) is 7.38. The molecule has 1 atom stereocenters. The number of hydrogen-bond donors (Lipinski definition) is 2. The first kappa shape index (κ1) is 17.5. The number of carbonyl (C=O) groups excluding carboxylic acids is 2. The molecule has 0 aliphatic rings. The van der Waals surface area contributed by atoms with Gasteiger partial charge in [-0.15, -0.1) is 0 Å². The third kappa shape index (κ3) is 4.10. The summed E-state index contributed by atoms with van der Waals surface area (Å²) >= 11 is 0. The quantitative estimate of drug-likeness (QED) is 0.650. The first-order chi connectivity index (χ1) is 11.4. The summed E-state index contributed by atoms with van der Waals surface area (Å²) < 4.78 is 17.5. The Morgan fingerprint density at radius 1 is 1.21 bits per heavy atom. The van der Waals surface area contributed by atoms with Crippen molar-refractivity contribution in [1.29, 1.82) is 0 Å². The van der Waals surface area contributed by atoms with Crippen molar-refractivity contribution in [2.45, 2.75) is 19.3 Å². The molecule has 24 heavy (non-hydrogen) atoms. The normalized spacial score (nSPS) is 11.6. The number of phenolic OH excluding ortho intramolecular Hbond substituents is 1. The van der Waals surface area contributed by atoms with Gasteiger partial charge < -0.3 is 15.2 Å².